The molecule has 0 bridgehead atoms. The zero-order valence-corrected chi connectivity index (χ0v) is 44.7. The van der Waals surface area contributed by atoms with Crippen LogP contribution in [0.15, 0.2) is 109 Å². The summed E-state index contributed by atoms with van der Waals surface area (Å²) in [4.78, 5) is 37.7. The van der Waals surface area contributed by atoms with Crippen LogP contribution in [-0.4, -0.2) is 70.0 Å². The lowest BCUT2D eigenvalue weighted by Gasteiger charge is -2.28. The summed E-state index contributed by atoms with van der Waals surface area (Å²) in [6.45, 7) is 4.01. The van der Waals surface area contributed by atoms with E-state index in [-0.39, 0.29) is 26.1 Å². The van der Waals surface area contributed by atoms with Gasteiger partial charge in [-0.2, -0.15) is 0 Å². The highest BCUT2D eigenvalue weighted by Crippen LogP contribution is 2.38. The summed E-state index contributed by atoms with van der Waals surface area (Å²) in [5.41, 5.74) is 0. The summed E-state index contributed by atoms with van der Waals surface area (Å²) in [6.07, 6.45) is 67.0. The Morgan fingerprint density at radius 2 is 0.838 bits per heavy atom. The molecule has 0 spiro atoms. The third-order valence-corrected chi connectivity index (χ3v) is 11.7. The normalized spacial score (nSPS) is 14.3. The van der Waals surface area contributed by atoms with Crippen molar-refractivity contribution in [2.75, 3.05) is 47.5 Å². The molecule has 0 aromatic heterocycles. The van der Waals surface area contributed by atoms with Crippen molar-refractivity contribution >= 4 is 19.8 Å². The number of phosphoric acid groups is 1. The zero-order valence-electron chi connectivity index (χ0n) is 43.8. The third-order valence-electron chi connectivity index (χ3n) is 10.8. The molecule has 0 saturated heterocycles. The molecule has 0 aliphatic carbocycles. The molecule has 0 N–H and O–H groups in total. The van der Waals surface area contributed by atoms with Crippen LogP contribution in [0.3, 0.4) is 0 Å². The number of allylic oxidation sites excluding steroid dienone is 18. The van der Waals surface area contributed by atoms with Crippen LogP contribution >= 0.6 is 7.82 Å². The first-order valence-corrected chi connectivity index (χ1v) is 28.1. The first kappa shape index (κ1) is 64.7. The Kier molecular flexibility index (Phi) is 46.3. The van der Waals surface area contributed by atoms with Gasteiger partial charge in [0.2, 0.25) is 0 Å². The second kappa shape index (κ2) is 48.7. The lowest BCUT2D eigenvalue weighted by atomic mass is 10.1. The van der Waals surface area contributed by atoms with E-state index in [1.54, 1.807) is 0 Å². The number of carbonyl (C=O) groups is 2. The highest BCUT2D eigenvalue weighted by atomic mass is 31.2. The third kappa shape index (κ3) is 52.0. The first-order valence-electron chi connectivity index (χ1n) is 26.6. The molecule has 2 atom stereocenters. The summed E-state index contributed by atoms with van der Waals surface area (Å²) >= 11 is 0. The highest BCUT2D eigenvalue weighted by Gasteiger charge is 2.21. The maximum absolute atomic E-state index is 12.8. The molecular weight excluding hydrogens is 870 g/mol. The van der Waals surface area contributed by atoms with Gasteiger partial charge < -0.3 is 27.9 Å². The second-order valence-electron chi connectivity index (χ2n) is 18.5. The predicted octanol–water partition coefficient (Wildman–Crippen LogP) is 15.6. The minimum Gasteiger partial charge on any atom is -0.756 e. The van der Waals surface area contributed by atoms with Gasteiger partial charge in [0.15, 0.2) is 6.10 Å². The molecule has 0 fully saturated rings. The fourth-order valence-corrected chi connectivity index (χ4v) is 7.40. The van der Waals surface area contributed by atoms with Gasteiger partial charge in [0, 0.05) is 12.8 Å². The zero-order chi connectivity index (χ0) is 49.9. The van der Waals surface area contributed by atoms with E-state index in [0.29, 0.717) is 23.9 Å². The fraction of sp³-hybridized carbons (Fsp3) is 0.655. The maximum atomic E-state index is 12.8. The molecule has 0 aliphatic rings. The summed E-state index contributed by atoms with van der Waals surface area (Å²) in [7, 11) is 1.14. The van der Waals surface area contributed by atoms with E-state index < -0.39 is 32.5 Å². The molecule has 0 aromatic rings. The number of nitrogens with zero attached hydrogens (tertiary/aromatic N) is 1. The second-order valence-corrected chi connectivity index (χ2v) is 19.9. The van der Waals surface area contributed by atoms with Crippen molar-refractivity contribution in [2.45, 2.75) is 200 Å². The molecule has 0 saturated carbocycles. The van der Waals surface area contributed by atoms with Gasteiger partial charge in [-0.1, -0.05) is 194 Å². The number of unbranched alkanes of at least 4 members (excludes halogenated alkanes) is 15. The van der Waals surface area contributed by atoms with Crippen molar-refractivity contribution in [3.63, 3.8) is 0 Å². The summed E-state index contributed by atoms with van der Waals surface area (Å²) in [5.74, 6) is -0.866. The number of hydrogen-bond donors (Lipinski definition) is 0. The van der Waals surface area contributed by atoms with Gasteiger partial charge in [-0.3, -0.25) is 14.2 Å². The Hall–Kier alpha value is -3.33. The monoisotopic (exact) mass is 968 g/mol. The van der Waals surface area contributed by atoms with Crippen LogP contribution in [0.4, 0.5) is 0 Å². The molecule has 0 amide bonds. The van der Waals surface area contributed by atoms with E-state index >= 15 is 0 Å². The molecule has 2 unspecified atom stereocenters. The quantitative estimate of drug-likeness (QED) is 0.0195. The minimum atomic E-state index is -4.64. The first-order chi connectivity index (χ1) is 33.0. The predicted molar refractivity (Wildman–Crippen MR) is 286 cm³/mol. The largest absolute Gasteiger partial charge is 0.756 e. The lowest BCUT2D eigenvalue weighted by Crippen LogP contribution is -2.37. The summed E-state index contributed by atoms with van der Waals surface area (Å²) in [5, 5.41) is 0. The van der Waals surface area contributed by atoms with Crippen molar-refractivity contribution in [1.82, 2.24) is 0 Å². The van der Waals surface area contributed by atoms with E-state index in [1.165, 1.54) is 38.5 Å². The number of quaternary nitrogens is 1. The lowest BCUT2D eigenvalue weighted by molar-refractivity contribution is -0.870. The van der Waals surface area contributed by atoms with Crippen LogP contribution in [0, 0.1) is 0 Å². The topological polar surface area (TPSA) is 111 Å². The Morgan fingerprint density at radius 1 is 0.471 bits per heavy atom. The number of hydrogen-bond acceptors (Lipinski definition) is 8. The van der Waals surface area contributed by atoms with Crippen LogP contribution in [-0.2, 0) is 32.7 Å². The van der Waals surface area contributed by atoms with Crippen molar-refractivity contribution in [2.24, 2.45) is 0 Å². The van der Waals surface area contributed by atoms with Gasteiger partial charge in [-0.05, 0) is 96.3 Å². The Labute approximate surface area is 416 Å². The number of ether oxygens (including phenoxy) is 2. The van der Waals surface area contributed by atoms with Crippen molar-refractivity contribution in [1.29, 1.82) is 0 Å². The van der Waals surface area contributed by atoms with Crippen LogP contribution in [0.1, 0.15) is 194 Å². The van der Waals surface area contributed by atoms with E-state index in [0.717, 1.165) is 116 Å². The average Bonchev–Trinajstić information content (AvgIpc) is 3.30. The summed E-state index contributed by atoms with van der Waals surface area (Å²) < 4.78 is 34.0. The fourth-order valence-electron chi connectivity index (χ4n) is 6.67. The van der Waals surface area contributed by atoms with Crippen molar-refractivity contribution < 1.29 is 42.1 Å². The standard InChI is InChI=1S/C58H98NO8P/c1-6-8-10-12-14-16-18-20-21-22-23-24-25-26-27-28-29-30-31-32-33-34-35-36-37-39-41-43-45-47-49-51-58(61)67-56(55-66-68(62,63)65-53-52-59(3,4)5)54-64-57(60)50-48-46-44-42-40-38-19-17-15-13-11-9-7-2/h8,10-11,13-14,16-17,19-21,23-24,26-27,29-30,32-33,56H,6-7,9,12,15,18,22,25,28,31,34-55H2,1-5H3/b10-8-,13-11-,16-14-,19-17-,21-20-,24-23-,27-26-,30-29-,33-32-. The van der Waals surface area contributed by atoms with Gasteiger partial charge in [0.25, 0.3) is 7.82 Å². The van der Waals surface area contributed by atoms with Gasteiger partial charge >= 0.3 is 11.9 Å². The molecular formula is C58H98NO8P. The van der Waals surface area contributed by atoms with Crippen molar-refractivity contribution in [3.05, 3.63) is 109 Å². The van der Waals surface area contributed by atoms with Crippen molar-refractivity contribution in [3.8, 4) is 0 Å². The number of phosphoric ester groups is 1. The number of esters is 2. The van der Waals surface area contributed by atoms with Gasteiger partial charge in [-0.25, -0.2) is 0 Å². The SMILES string of the molecule is CC/C=C\C/C=C\C/C=C\C/C=C\C/C=C\C/C=C\C/C=C\CCCCCCCCCCCC(=O)OC(COC(=O)CCCCCCC/C=C\C/C=C\CCC)COP(=O)([O-])OCC[N+](C)(C)C. The van der Waals surface area contributed by atoms with E-state index in [9.17, 15) is 19.0 Å². The van der Waals surface area contributed by atoms with Crippen LogP contribution < -0.4 is 4.89 Å². The maximum Gasteiger partial charge on any atom is 0.306 e. The molecule has 10 heteroatoms. The molecule has 68 heavy (non-hydrogen) atoms. The summed E-state index contributed by atoms with van der Waals surface area (Å²) in [6, 6.07) is 0. The number of rotatable bonds is 47. The van der Waals surface area contributed by atoms with Crippen LogP contribution in [0.25, 0.3) is 0 Å². The van der Waals surface area contributed by atoms with Gasteiger partial charge in [-0.15, -0.1) is 0 Å². The van der Waals surface area contributed by atoms with Gasteiger partial charge in [0.05, 0.1) is 27.7 Å². The van der Waals surface area contributed by atoms with E-state index in [4.69, 9.17) is 18.5 Å². The Bertz CT molecular complexity index is 1520. The molecule has 0 radical (unpaired) electrons. The molecule has 9 nitrogen and oxygen atoms in total. The smallest absolute Gasteiger partial charge is 0.306 e. The van der Waals surface area contributed by atoms with Gasteiger partial charge in [0.1, 0.15) is 19.8 Å². The average molecular weight is 968 g/mol. The Balaban J connectivity index is 4.20. The molecule has 0 aliphatic heterocycles. The van der Waals surface area contributed by atoms with Crippen LogP contribution in [0.2, 0.25) is 0 Å². The van der Waals surface area contributed by atoms with Crippen LogP contribution in [0.5, 0.6) is 0 Å². The number of likely N-dealkylation sites (N-methyl/N-ethyl adjacent to an activating group) is 1. The molecule has 0 aromatic carbocycles. The van der Waals surface area contributed by atoms with E-state index in [1.807, 2.05) is 21.1 Å². The minimum absolute atomic E-state index is 0.0401. The highest BCUT2D eigenvalue weighted by molar-refractivity contribution is 7.45. The molecule has 388 valence electrons. The molecule has 0 heterocycles. The molecule has 0 rings (SSSR count). The number of carbonyl (C=O) groups excluding carboxylic acids is 2. The Morgan fingerprint density at radius 3 is 1.25 bits per heavy atom. The van der Waals surface area contributed by atoms with E-state index in [2.05, 4.69) is 123 Å².